The number of hydrogen-bond donors (Lipinski definition) is 1. The Hall–Kier alpha value is -1.76. The molecule has 2 aromatic heterocycles. The average molecular weight is 233 g/mol. The maximum absolute atomic E-state index is 4.17. The van der Waals surface area contributed by atoms with Gasteiger partial charge in [-0.2, -0.15) is 5.10 Å². The molecule has 1 N–H and O–H groups in total. The normalized spacial score (nSPS) is 16.7. The van der Waals surface area contributed by atoms with Crippen molar-refractivity contribution in [3.8, 4) is 0 Å². The van der Waals surface area contributed by atoms with Crippen molar-refractivity contribution in [3.63, 3.8) is 0 Å². The first-order chi connectivity index (χ1) is 8.40. The van der Waals surface area contributed by atoms with E-state index in [9.17, 15) is 0 Å². The molecule has 0 saturated carbocycles. The number of H-pyrrole nitrogens is 1. The zero-order valence-corrected chi connectivity index (χ0v) is 9.58. The molecule has 0 aromatic carbocycles. The van der Waals surface area contributed by atoms with Gasteiger partial charge in [-0.25, -0.2) is 9.67 Å². The monoisotopic (exact) mass is 233 g/mol. The zero-order chi connectivity index (χ0) is 11.5. The summed E-state index contributed by atoms with van der Waals surface area (Å²) in [6, 6.07) is 0. The molecular formula is C10H15N7. The first-order valence-electron chi connectivity index (χ1n) is 5.86. The largest absolute Gasteiger partial charge is 0.297 e. The van der Waals surface area contributed by atoms with Gasteiger partial charge >= 0.3 is 0 Å². The highest BCUT2D eigenvalue weighted by Crippen LogP contribution is 2.10. The summed E-state index contributed by atoms with van der Waals surface area (Å²) < 4.78 is 1.78. The molecule has 2 aromatic rings. The molecule has 0 atom stereocenters. The minimum atomic E-state index is 0.590. The Balaban J connectivity index is 1.61. The number of nitrogens with one attached hydrogen (secondary N) is 1. The van der Waals surface area contributed by atoms with Crippen molar-refractivity contribution in [1.82, 2.24) is 35.1 Å². The molecule has 3 rings (SSSR count). The highest BCUT2D eigenvalue weighted by Gasteiger charge is 2.13. The minimum absolute atomic E-state index is 0.590. The van der Waals surface area contributed by atoms with Crippen LogP contribution in [0.2, 0.25) is 0 Å². The predicted octanol–water partition coefficient (Wildman–Crippen LogP) is 0.0403. The van der Waals surface area contributed by atoms with Gasteiger partial charge in [-0.1, -0.05) is 5.21 Å². The van der Waals surface area contributed by atoms with Gasteiger partial charge in [0.1, 0.15) is 18.7 Å². The van der Waals surface area contributed by atoms with Gasteiger partial charge in [-0.05, 0) is 25.9 Å². The van der Waals surface area contributed by atoms with Crippen molar-refractivity contribution in [3.05, 3.63) is 24.0 Å². The van der Waals surface area contributed by atoms with Crippen LogP contribution < -0.4 is 0 Å². The smallest absolute Gasteiger partial charge is 0.146 e. The lowest BCUT2D eigenvalue weighted by atomic mass is 10.4. The summed E-state index contributed by atoms with van der Waals surface area (Å²) in [5.74, 6) is 0.794. The summed E-state index contributed by atoms with van der Waals surface area (Å²) in [6.07, 6.45) is 6.07. The molecule has 0 unspecified atom stereocenters. The fourth-order valence-electron chi connectivity index (χ4n) is 2.12. The van der Waals surface area contributed by atoms with Crippen molar-refractivity contribution in [2.75, 3.05) is 13.1 Å². The van der Waals surface area contributed by atoms with Gasteiger partial charge in [0.05, 0.1) is 11.9 Å². The number of hydrogen-bond acceptors (Lipinski definition) is 5. The van der Waals surface area contributed by atoms with Crippen LogP contribution in [0.15, 0.2) is 12.5 Å². The van der Waals surface area contributed by atoms with Gasteiger partial charge in [-0.15, -0.1) is 5.10 Å². The second-order valence-corrected chi connectivity index (χ2v) is 4.32. The molecule has 7 heteroatoms. The van der Waals surface area contributed by atoms with E-state index in [1.807, 2.05) is 6.20 Å². The lowest BCUT2D eigenvalue weighted by molar-refractivity contribution is 0.327. The fraction of sp³-hybridized carbons (Fsp3) is 0.600. The molecule has 1 aliphatic heterocycles. The van der Waals surface area contributed by atoms with Gasteiger partial charge < -0.3 is 0 Å². The number of aromatic amines is 1. The second kappa shape index (κ2) is 4.62. The Morgan fingerprint density at radius 1 is 1.24 bits per heavy atom. The van der Waals surface area contributed by atoms with Crippen LogP contribution in [0.3, 0.4) is 0 Å². The van der Waals surface area contributed by atoms with E-state index < -0.39 is 0 Å². The maximum Gasteiger partial charge on any atom is 0.146 e. The zero-order valence-electron chi connectivity index (χ0n) is 9.58. The lowest BCUT2D eigenvalue weighted by Gasteiger charge is -2.11. The first kappa shape index (κ1) is 10.4. The summed E-state index contributed by atoms with van der Waals surface area (Å²) in [5.41, 5.74) is 1.02. The molecule has 7 nitrogen and oxygen atoms in total. The summed E-state index contributed by atoms with van der Waals surface area (Å²) in [4.78, 5) is 6.46. The lowest BCUT2D eigenvalue weighted by Crippen LogP contribution is -2.18. The number of nitrogens with zero attached hydrogens (tertiary/aromatic N) is 6. The third-order valence-corrected chi connectivity index (χ3v) is 2.95. The molecule has 1 aliphatic rings. The van der Waals surface area contributed by atoms with Gasteiger partial charge in [0, 0.05) is 6.54 Å². The van der Waals surface area contributed by atoms with Gasteiger partial charge in [-0.3, -0.25) is 10.00 Å². The van der Waals surface area contributed by atoms with E-state index in [2.05, 4.69) is 30.4 Å². The summed E-state index contributed by atoms with van der Waals surface area (Å²) in [7, 11) is 0. The SMILES string of the molecule is c1n[nH]c(Cn2cc(CN3CCCC3)nn2)n1. The van der Waals surface area contributed by atoms with Crippen molar-refractivity contribution in [1.29, 1.82) is 0 Å². The Morgan fingerprint density at radius 3 is 2.88 bits per heavy atom. The molecule has 0 radical (unpaired) electrons. The Labute approximate surface area is 98.8 Å². The Kier molecular flexibility index (Phi) is 2.83. The van der Waals surface area contributed by atoms with E-state index in [-0.39, 0.29) is 0 Å². The van der Waals surface area contributed by atoms with E-state index in [1.165, 1.54) is 32.3 Å². The van der Waals surface area contributed by atoms with Crippen molar-refractivity contribution in [2.24, 2.45) is 0 Å². The van der Waals surface area contributed by atoms with Crippen LogP contribution in [-0.4, -0.2) is 48.2 Å². The van der Waals surface area contributed by atoms with Gasteiger partial charge in [0.15, 0.2) is 0 Å². The third kappa shape index (κ3) is 2.50. The molecule has 0 amide bonds. The van der Waals surface area contributed by atoms with Crippen LogP contribution >= 0.6 is 0 Å². The van der Waals surface area contributed by atoms with Crippen LogP contribution in [0.25, 0.3) is 0 Å². The van der Waals surface area contributed by atoms with E-state index in [0.717, 1.165) is 18.1 Å². The first-order valence-corrected chi connectivity index (χ1v) is 5.86. The molecule has 17 heavy (non-hydrogen) atoms. The van der Waals surface area contributed by atoms with Crippen LogP contribution in [0.5, 0.6) is 0 Å². The highest BCUT2D eigenvalue weighted by atomic mass is 15.4. The van der Waals surface area contributed by atoms with Crippen LogP contribution in [0.1, 0.15) is 24.4 Å². The van der Waals surface area contributed by atoms with Crippen molar-refractivity contribution in [2.45, 2.75) is 25.9 Å². The topological polar surface area (TPSA) is 75.5 Å². The number of likely N-dealkylation sites (tertiary alicyclic amines) is 1. The van der Waals surface area contributed by atoms with E-state index in [0.29, 0.717) is 6.54 Å². The molecule has 1 saturated heterocycles. The van der Waals surface area contributed by atoms with E-state index in [4.69, 9.17) is 0 Å². The van der Waals surface area contributed by atoms with Crippen LogP contribution in [0, 0.1) is 0 Å². The summed E-state index contributed by atoms with van der Waals surface area (Å²) in [5, 5.41) is 14.9. The van der Waals surface area contributed by atoms with Crippen molar-refractivity contribution >= 4 is 0 Å². The number of aromatic nitrogens is 6. The molecule has 0 bridgehead atoms. The Bertz CT molecular complexity index is 455. The van der Waals surface area contributed by atoms with Crippen LogP contribution in [0.4, 0.5) is 0 Å². The third-order valence-electron chi connectivity index (χ3n) is 2.95. The molecule has 1 fully saturated rings. The average Bonchev–Trinajstić information content (AvgIpc) is 3.02. The second-order valence-electron chi connectivity index (χ2n) is 4.32. The predicted molar refractivity (Wildman–Crippen MR) is 60.0 cm³/mol. The minimum Gasteiger partial charge on any atom is -0.297 e. The fourth-order valence-corrected chi connectivity index (χ4v) is 2.12. The van der Waals surface area contributed by atoms with Crippen molar-refractivity contribution < 1.29 is 0 Å². The summed E-state index contributed by atoms with van der Waals surface area (Å²) in [6.45, 7) is 3.84. The van der Waals surface area contributed by atoms with Gasteiger partial charge in [0.25, 0.3) is 0 Å². The van der Waals surface area contributed by atoms with Crippen LogP contribution in [-0.2, 0) is 13.1 Å². The molecule has 0 spiro atoms. The summed E-state index contributed by atoms with van der Waals surface area (Å²) >= 11 is 0. The Morgan fingerprint density at radius 2 is 2.12 bits per heavy atom. The standard InChI is InChI=1S/C10H15N7/c1-2-4-16(3-1)5-9-6-17(15-13-9)7-10-11-8-12-14-10/h6,8H,1-5,7H2,(H,11,12,14). The maximum atomic E-state index is 4.17. The number of rotatable bonds is 4. The van der Waals surface area contributed by atoms with E-state index in [1.54, 1.807) is 4.68 Å². The molecule has 90 valence electrons. The highest BCUT2D eigenvalue weighted by molar-refractivity contribution is 4.94. The molecule has 0 aliphatic carbocycles. The van der Waals surface area contributed by atoms with E-state index >= 15 is 0 Å². The molecular weight excluding hydrogens is 218 g/mol. The van der Waals surface area contributed by atoms with Gasteiger partial charge in [0.2, 0.25) is 0 Å². The molecule has 3 heterocycles. The quantitative estimate of drug-likeness (QED) is 0.807.